The first-order valence-electron chi connectivity index (χ1n) is 2.62. The van der Waals surface area contributed by atoms with Crippen molar-refractivity contribution in [2.75, 3.05) is 12.4 Å². The zero-order valence-corrected chi connectivity index (χ0v) is 5.06. The Bertz CT molecular complexity index is 183. The number of nitrogens with zero attached hydrogens (tertiary/aromatic N) is 1. The van der Waals surface area contributed by atoms with Crippen LogP contribution in [0.4, 0.5) is 10.2 Å². The Hall–Kier alpha value is -1.12. The van der Waals surface area contributed by atoms with Gasteiger partial charge >= 0.3 is 0 Å². The average Bonchev–Trinajstić information content (AvgIpc) is 1.90. The summed E-state index contributed by atoms with van der Waals surface area (Å²) in [6.07, 6.45) is 1.17. The van der Waals surface area contributed by atoms with Crippen molar-refractivity contribution in [2.45, 2.75) is 0 Å². The summed E-state index contributed by atoms with van der Waals surface area (Å²) in [6.45, 7) is 0. The standard InChI is InChI=1S/C6H7FN2/c1-8-6-3-2-5(7)4-9-6/h2-4H,1H3,(H,8,9). The molecule has 48 valence electrons. The van der Waals surface area contributed by atoms with Gasteiger partial charge in [-0.15, -0.1) is 0 Å². The maximum absolute atomic E-state index is 12.1. The van der Waals surface area contributed by atoms with Gasteiger partial charge in [-0.3, -0.25) is 0 Å². The fourth-order valence-corrected chi connectivity index (χ4v) is 0.524. The summed E-state index contributed by atoms with van der Waals surface area (Å²) in [7, 11) is 1.74. The first-order chi connectivity index (χ1) is 4.33. The van der Waals surface area contributed by atoms with Crippen molar-refractivity contribution in [3.8, 4) is 0 Å². The van der Waals surface area contributed by atoms with Crippen molar-refractivity contribution in [1.82, 2.24) is 4.98 Å². The van der Waals surface area contributed by atoms with Crippen LogP contribution in [0.5, 0.6) is 0 Å². The van der Waals surface area contributed by atoms with Gasteiger partial charge in [0.1, 0.15) is 11.6 Å². The lowest BCUT2D eigenvalue weighted by Gasteiger charge is -1.94. The van der Waals surface area contributed by atoms with Gasteiger partial charge in [0.2, 0.25) is 0 Å². The molecule has 0 aromatic carbocycles. The highest BCUT2D eigenvalue weighted by Gasteiger charge is 1.88. The molecule has 0 saturated heterocycles. The number of hydrogen-bond acceptors (Lipinski definition) is 2. The van der Waals surface area contributed by atoms with E-state index in [0.717, 1.165) is 0 Å². The van der Waals surface area contributed by atoms with Crippen LogP contribution in [-0.4, -0.2) is 12.0 Å². The fourth-order valence-electron chi connectivity index (χ4n) is 0.524. The maximum atomic E-state index is 12.1. The van der Waals surface area contributed by atoms with Crippen LogP contribution in [0.25, 0.3) is 0 Å². The molecule has 1 aromatic heterocycles. The Kier molecular flexibility index (Phi) is 1.63. The van der Waals surface area contributed by atoms with Gasteiger partial charge in [-0.1, -0.05) is 0 Å². The molecule has 0 bridgehead atoms. The smallest absolute Gasteiger partial charge is 0.141 e. The summed E-state index contributed by atoms with van der Waals surface area (Å²) in [6, 6.07) is 2.94. The molecule has 2 nitrogen and oxygen atoms in total. The lowest BCUT2D eigenvalue weighted by atomic mass is 10.4. The van der Waals surface area contributed by atoms with E-state index in [4.69, 9.17) is 0 Å². The molecule has 0 atom stereocenters. The second kappa shape index (κ2) is 2.44. The number of anilines is 1. The topological polar surface area (TPSA) is 24.9 Å². The van der Waals surface area contributed by atoms with Gasteiger partial charge in [0, 0.05) is 7.05 Å². The van der Waals surface area contributed by atoms with Crippen LogP contribution in [0, 0.1) is 5.82 Å². The van der Waals surface area contributed by atoms with Gasteiger partial charge in [-0.2, -0.15) is 0 Å². The van der Waals surface area contributed by atoms with E-state index in [1.54, 1.807) is 13.1 Å². The fraction of sp³-hybridized carbons (Fsp3) is 0.167. The Balaban J connectivity index is 2.88. The van der Waals surface area contributed by atoms with Crippen LogP contribution in [0.15, 0.2) is 18.3 Å². The molecule has 0 aliphatic rings. The minimum Gasteiger partial charge on any atom is -0.373 e. The molecule has 1 aromatic rings. The van der Waals surface area contributed by atoms with E-state index in [2.05, 4.69) is 10.3 Å². The van der Waals surface area contributed by atoms with Gasteiger partial charge in [-0.25, -0.2) is 9.37 Å². The van der Waals surface area contributed by atoms with E-state index in [-0.39, 0.29) is 5.82 Å². The maximum Gasteiger partial charge on any atom is 0.141 e. The van der Waals surface area contributed by atoms with Crippen LogP contribution in [0.1, 0.15) is 0 Å². The lowest BCUT2D eigenvalue weighted by Crippen LogP contribution is -1.90. The number of halogens is 1. The monoisotopic (exact) mass is 126 g/mol. The normalized spacial score (nSPS) is 9.11. The highest BCUT2D eigenvalue weighted by Crippen LogP contribution is 2.00. The van der Waals surface area contributed by atoms with Gasteiger partial charge in [0.25, 0.3) is 0 Å². The Labute approximate surface area is 52.7 Å². The average molecular weight is 126 g/mol. The zero-order chi connectivity index (χ0) is 6.69. The van der Waals surface area contributed by atoms with Crippen molar-refractivity contribution in [3.63, 3.8) is 0 Å². The molecule has 1 rings (SSSR count). The molecule has 1 N–H and O–H groups in total. The highest BCUT2D eigenvalue weighted by molar-refractivity contribution is 5.31. The van der Waals surface area contributed by atoms with Crippen LogP contribution < -0.4 is 5.32 Å². The number of hydrogen-bond donors (Lipinski definition) is 1. The largest absolute Gasteiger partial charge is 0.373 e. The molecular weight excluding hydrogens is 119 g/mol. The summed E-state index contributed by atoms with van der Waals surface area (Å²) in [4.78, 5) is 3.71. The summed E-state index contributed by atoms with van der Waals surface area (Å²) < 4.78 is 12.1. The predicted octanol–water partition coefficient (Wildman–Crippen LogP) is 1.26. The van der Waals surface area contributed by atoms with Gasteiger partial charge in [-0.05, 0) is 12.1 Å². The predicted molar refractivity (Wildman–Crippen MR) is 33.7 cm³/mol. The van der Waals surface area contributed by atoms with Crippen molar-refractivity contribution in [1.29, 1.82) is 0 Å². The summed E-state index contributed by atoms with van der Waals surface area (Å²) >= 11 is 0. The molecule has 9 heavy (non-hydrogen) atoms. The Morgan fingerprint density at radius 2 is 2.33 bits per heavy atom. The van der Waals surface area contributed by atoms with Crippen LogP contribution in [0.2, 0.25) is 0 Å². The van der Waals surface area contributed by atoms with Gasteiger partial charge in [0.15, 0.2) is 0 Å². The van der Waals surface area contributed by atoms with E-state index < -0.39 is 0 Å². The second-order valence-corrected chi connectivity index (χ2v) is 1.61. The number of pyridine rings is 1. The first-order valence-corrected chi connectivity index (χ1v) is 2.62. The zero-order valence-electron chi connectivity index (χ0n) is 5.06. The third-order valence-corrected chi connectivity index (χ3v) is 0.984. The lowest BCUT2D eigenvalue weighted by molar-refractivity contribution is 0.622. The van der Waals surface area contributed by atoms with E-state index >= 15 is 0 Å². The molecule has 0 spiro atoms. The van der Waals surface area contributed by atoms with Crippen LogP contribution in [-0.2, 0) is 0 Å². The molecular formula is C6H7FN2. The molecule has 0 amide bonds. The third-order valence-electron chi connectivity index (χ3n) is 0.984. The van der Waals surface area contributed by atoms with E-state index in [1.165, 1.54) is 12.3 Å². The Morgan fingerprint density at radius 3 is 2.78 bits per heavy atom. The van der Waals surface area contributed by atoms with Crippen LogP contribution >= 0.6 is 0 Å². The van der Waals surface area contributed by atoms with Crippen molar-refractivity contribution in [2.24, 2.45) is 0 Å². The molecule has 0 aliphatic heterocycles. The van der Waals surface area contributed by atoms with E-state index in [1.807, 2.05) is 0 Å². The molecule has 0 saturated carbocycles. The van der Waals surface area contributed by atoms with Gasteiger partial charge < -0.3 is 5.32 Å². The molecule has 0 unspecified atom stereocenters. The second-order valence-electron chi connectivity index (χ2n) is 1.61. The molecule has 0 aliphatic carbocycles. The minimum atomic E-state index is -0.311. The highest BCUT2D eigenvalue weighted by atomic mass is 19.1. The van der Waals surface area contributed by atoms with Crippen LogP contribution in [0.3, 0.4) is 0 Å². The summed E-state index contributed by atoms with van der Waals surface area (Å²) in [5, 5.41) is 2.78. The molecule has 0 fully saturated rings. The van der Waals surface area contributed by atoms with Crippen molar-refractivity contribution >= 4 is 5.82 Å². The molecule has 0 radical (unpaired) electrons. The van der Waals surface area contributed by atoms with Crippen molar-refractivity contribution in [3.05, 3.63) is 24.1 Å². The quantitative estimate of drug-likeness (QED) is 0.612. The summed E-state index contributed by atoms with van der Waals surface area (Å²) in [5.41, 5.74) is 0. The van der Waals surface area contributed by atoms with E-state index in [0.29, 0.717) is 5.82 Å². The number of aromatic nitrogens is 1. The SMILES string of the molecule is CNc1ccc(F)cn1. The number of nitrogens with one attached hydrogen (secondary N) is 1. The first kappa shape index (κ1) is 6.01. The molecule has 1 heterocycles. The van der Waals surface area contributed by atoms with Gasteiger partial charge in [0.05, 0.1) is 6.20 Å². The number of rotatable bonds is 1. The van der Waals surface area contributed by atoms with Crippen molar-refractivity contribution < 1.29 is 4.39 Å². The Morgan fingerprint density at radius 1 is 1.56 bits per heavy atom. The third kappa shape index (κ3) is 1.38. The molecule has 3 heteroatoms. The van der Waals surface area contributed by atoms with E-state index in [9.17, 15) is 4.39 Å². The minimum absolute atomic E-state index is 0.311. The summed E-state index contributed by atoms with van der Waals surface area (Å²) in [5.74, 6) is 0.366.